The topological polar surface area (TPSA) is 143 Å². The van der Waals surface area contributed by atoms with Crippen molar-refractivity contribution in [3.05, 3.63) is 440 Å². The van der Waals surface area contributed by atoms with Crippen LogP contribution in [0.1, 0.15) is 27.8 Å². The van der Waals surface area contributed by atoms with Crippen molar-refractivity contribution in [3.63, 3.8) is 0 Å². The molecule has 0 bridgehead atoms. The maximum atomic E-state index is 10.9. The minimum absolute atomic E-state index is 0.386. The zero-order valence-corrected chi connectivity index (χ0v) is 66.6. The van der Waals surface area contributed by atoms with Crippen molar-refractivity contribution in [1.82, 2.24) is 18.3 Å². The zero-order chi connectivity index (χ0) is 83.5. The number of hydrogen-bond acceptors (Lipinski definition) is 5. The summed E-state index contributed by atoms with van der Waals surface area (Å²) in [4.78, 5) is 4.18. The van der Waals surface area contributed by atoms with Gasteiger partial charge in [0, 0.05) is 93.7 Å². The van der Waals surface area contributed by atoms with E-state index in [9.17, 15) is 26.3 Å². The number of nitrogens with zero attached hydrogens (tertiary/aromatic N) is 10. The summed E-state index contributed by atoms with van der Waals surface area (Å²) in [6, 6.07) is 148. The maximum absolute atomic E-state index is 10.9. The van der Waals surface area contributed by atoms with Crippen molar-refractivity contribution in [3.8, 4) is 142 Å². The van der Waals surface area contributed by atoms with Crippen LogP contribution in [0.3, 0.4) is 0 Å². The summed E-state index contributed by atoms with van der Waals surface area (Å²) in [7, 11) is 0. The molecule has 124 heavy (non-hydrogen) atoms. The van der Waals surface area contributed by atoms with Crippen LogP contribution in [0.15, 0.2) is 400 Å². The van der Waals surface area contributed by atoms with E-state index in [2.05, 4.69) is 266 Å². The van der Waals surface area contributed by atoms with Gasteiger partial charge in [-0.2, -0.15) is 26.3 Å². The molecule has 572 valence electrons. The fraction of sp³-hybridized carbons (Fsp3) is 0. The molecular formula is C114H66N10. The van der Waals surface area contributed by atoms with E-state index >= 15 is 0 Å². The van der Waals surface area contributed by atoms with Crippen LogP contribution in [0.2, 0.25) is 0 Å². The molecule has 0 radical (unpaired) electrons. The molecule has 4 aromatic heterocycles. The number of benzene rings is 18. The molecule has 0 amide bonds. The Morgan fingerprint density at radius 3 is 1.00 bits per heavy atom. The first-order valence-electron chi connectivity index (χ1n) is 40.9. The third kappa shape index (κ3) is 12.0. The molecule has 10 nitrogen and oxygen atoms in total. The van der Waals surface area contributed by atoms with Gasteiger partial charge in [0.15, 0.2) is 5.69 Å². The van der Waals surface area contributed by atoms with Crippen LogP contribution >= 0.6 is 0 Å². The lowest BCUT2D eigenvalue weighted by atomic mass is 9.83. The van der Waals surface area contributed by atoms with Gasteiger partial charge in [0.25, 0.3) is 0 Å². The predicted octanol–water partition coefficient (Wildman–Crippen LogP) is 29.0. The van der Waals surface area contributed by atoms with Crippen molar-refractivity contribution >= 4 is 92.9 Å². The van der Waals surface area contributed by atoms with Crippen LogP contribution in [0, 0.1) is 63.2 Å². The fourth-order valence-corrected chi connectivity index (χ4v) is 18.8. The summed E-state index contributed by atoms with van der Waals surface area (Å²) in [5.74, 6) is 0. The van der Waals surface area contributed by atoms with E-state index in [0.717, 1.165) is 155 Å². The first-order chi connectivity index (χ1) is 61.3. The van der Waals surface area contributed by atoms with Crippen LogP contribution in [-0.2, 0) is 0 Å². The van der Waals surface area contributed by atoms with E-state index in [0.29, 0.717) is 55.8 Å². The second-order valence-electron chi connectivity index (χ2n) is 30.7. The van der Waals surface area contributed by atoms with Gasteiger partial charge in [0.1, 0.15) is 24.3 Å². The largest absolute Gasteiger partial charge is 0.309 e. The maximum Gasteiger partial charge on any atom is 0.195 e. The standard InChI is InChI=1S/2C57H33N5/c1-60-51-33-39(48-34-47(37-17-6-2-7-18-37)49(35-58)54(50(48)36-59)38-19-8-3-9-20-38)29-30-42(51)44-26-16-27-46-55-53(62(56(44)46)41-23-12-5-13-24-41)32-31-45-43-25-14-15-28-52(43)61(57(45)55)40-21-10-4-11-22-40;58-34-41-31-39(49-33-48(37-15-5-1-6-16-37)50(35-59)55(51(49)36-60)38-17-7-2-8-18-38)25-27-44(41)40-26-28-47-54(32-40)61(42-19-9-3-10-20-42)53-30-29-46-45-23-13-14-24-52(45)62(57(46)56(47)53)43-21-11-4-12-22-43/h2-34H;1-33H. The van der Waals surface area contributed by atoms with Gasteiger partial charge in [-0.3, -0.25) is 0 Å². The Morgan fingerprint density at radius 2 is 0.556 bits per heavy atom. The highest BCUT2D eigenvalue weighted by molar-refractivity contribution is 6.29. The number of aromatic nitrogens is 4. The smallest absolute Gasteiger partial charge is 0.195 e. The molecule has 4 heterocycles. The predicted molar refractivity (Wildman–Crippen MR) is 504 cm³/mol. The van der Waals surface area contributed by atoms with Gasteiger partial charge in [-0.15, -0.1) is 0 Å². The number of nitriles is 5. The molecule has 0 spiro atoms. The zero-order valence-electron chi connectivity index (χ0n) is 66.6. The number of rotatable bonds is 12. The Hall–Kier alpha value is -17.9. The second-order valence-corrected chi connectivity index (χ2v) is 30.7. The molecule has 0 unspecified atom stereocenters. The summed E-state index contributed by atoms with van der Waals surface area (Å²) < 4.78 is 9.42. The molecule has 18 aromatic carbocycles. The minimum atomic E-state index is 0.386. The molecule has 0 aliphatic carbocycles. The van der Waals surface area contributed by atoms with Crippen LogP contribution in [-0.4, -0.2) is 18.3 Å². The molecule has 0 N–H and O–H groups in total. The number of para-hydroxylation sites is 7. The van der Waals surface area contributed by atoms with E-state index in [4.69, 9.17) is 6.57 Å². The lowest BCUT2D eigenvalue weighted by molar-refractivity contribution is 1.17. The summed E-state index contributed by atoms with van der Waals surface area (Å²) in [6.07, 6.45) is 0. The molecule has 0 aliphatic rings. The van der Waals surface area contributed by atoms with Crippen molar-refractivity contribution in [2.24, 2.45) is 0 Å². The Bertz CT molecular complexity index is 8370. The van der Waals surface area contributed by atoms with Crippen LogP contribution in [0.4, 0.5) is 5.69 Å². The number of hydrogen-bond donors (Lipinski definition) is 0. The van der Waals surface area contributed by atoms with Gasteiger partial charge in [-0.05, 0) is 164 Å². The van der Waals surface area contributed by atoms with E-state index in [1.807, 2.05) is 188 Å². The summed E-state index contributed by atoms with van der Waals surface area (Å²) in [6.45, 7) is 8.64. The number of fused-ring (bicyclic) bond motifs is 14. The van der Waals surface area contributed by atoms with Gasteiger partial charge in [0.2, 0.25) is 0 Å². The average molecular weight is 1580 g/mol. The van der Waals surface area contributed by atoms with Gasteiger partial charge in [-0.25, -0.2) is 4.85 Å². The molecule has 0 saturated carbocycles. The first-order valence-corrected chi connectivity index (χ1v) is 40.9. The van der Waals surface area contributed by atoms with Gasteiger partial charge in [-0.1, -0.05) is 297 Å². The Labute approximate surface area is 714 Å². The average Bonchev–Trinajstić information content (AvgIpc) is 1.54. The van der Waals surface area contributed by atoms with Crippen molar-refractivity contribution in [1.29, 1.82) is 26.3 Å². The molecule has 0 atom stereocenters. The molecular weight excluding hydrogens is 1510 g/mol. The summed E-state index contributed by atoms with van der Waals surface area (Å²) in [5.41, 5.74) is 27.6. The Balaban J connectivity index is 0.000000152. The highest BCUT2D eigenvalue weighted by Crippen LogP contribution is 2.51. The van der Waals surface area contributed by atoms with E-state index in [-0.39, 0.29) is 0 Å². The SMILES string of the molecule is N#Cc1cc(-c2cc(-c3ccccc3)c(C#N)c(-c3ccccc3)c2C#N)ccc1-c1ccc2c3c(ccc4c5ccccc5n(-c5ccccc5)c43)n(-c3ccccc3)c2c1.[C-]#[N+]c1cc(-c2cc(-c3ccccc3)c(C#N)c(-c3ccccc3)c2C#N)ccc1-c1cccc2c3c(ccc4c5ccccc5n(-c5ccccc5)c43)n(-c3ccccc3)c12. The molecule has 0 aliphatic heterocycles. The van der Waals surface area contributed by atoms with Crippen LogP contribution in [0.25, 0.3) is 204 Å². The lowest BCUT2D eigenvalue weighted by Crippen LogP contribution is -1.98. The normalized spacial score (nSPS) is 11.2. The second kappa shape index (κ2) is 30.9. The molecule has 0 fully saturated rings. The van der Waals surface area contributed by atoms with Crippen molar-refractivity contribution in [2.75, 3.05) is 0 Å². The highest BCUT2D eigenvalue weighted by atomic mass is 15.0. The molecule has 0 saturated heterocycles. The molecule has 22 aromatic rings. The minimum Gasteiger partial charge on any atom is -0.309 e. The highest BCUT2D eigenvalue weighted by Gasteiger charge is 2.29. The lowest BCUT2D eigenvalue weighted by Gasteiger charge is -2.18. The molecule has 10 heteroatoms. The Morgan fingerprint density at radius 1 is 0.210 bits per heavy atom. The van der Waals surface area contributed by atoms with Crippen LogP contribution < -0.4 is 0 Å². The van der Waals surface area contributed by atoms with Gasteiger partial charge in [0.05, 0.1) is 84.6 Å². The van der Waals surface area contributed by atoms with Gasteiger partial charge < -0.3 is 18.3 Å². The van der Waals surface area contributed by atoms with E-state index in [1.54, 1.807) is 0 Å². The van der Waals surface area contributed by atoms with E-state index in [1.165, 1.54) is 21.5 Å². The quantitative estimate of drug-likeness (QED) is 0.112. The van der Waals surface area contributed by atoms with Crippen molar-refractivity contribution in [2.45, 2.75) is 0 Å². The van der Waals surface area contributed by atoms with Crippen LogP contribution in [0.5, 0.6) is 0 Å². The van der Waals surface area contributed by atoms with Crippen molar-refractivity contribution < 1.29 is 0 Å². The third-order valence-electron chi connectivity index (χ3n) is 24.1. The van der Waals surface area contributed by atoms with Gasteiger partial charge >= 0.3 is 0 Å². The third-order valence-corrected chi connectivity index (χ3v) is 24.1. The fourth-order valence-electron chi connectivity index (χ4n) is 18.8. The summed E-state index contributed by atoms with van der Waals surface area (Å²) >= 11 is 0. The monoisotopic (exact) mass is 1570 g/mol. The summed E-state index contributed by atoms with van der Waals surface area (Å²) in [5, 5.41) is 63.0. The Kier molecular flexibility index (Phi) is 18.3. The molecule has 22 rings (SSSR count). The van der Waals surface area contributed by atoms with E-state index < -0.39 is 0 Å². The first kappa shape index (κ1) is 73.7.